The Hall–Kier alpha value is -2.30. The molecule has 1 aromatic carbocycles. The van der Waals surface area contributed by atoms with E-state index in [-0.39, 0.29) is 5.41 Å². The molecule has 3 rings (SSSR count). The quantitative estimate of drug-likeness (QED) is 0.733. The van der Waals surface area contributed by atoms with Crippen LogP contribution in [0.15, 0.2) is 28.8 Å². The van der Waals surface area contributed by atoms with Gasteiger partial charge in [-0.05, 0) is 25.1 Å². The lowest BCUT2D eigenvalue weighted by Crippen LogP contribution is -2.19. The van der Waals surface area contributed by atoms with Crippen LogP contribution in [0.1, 0.15) is 38.2 Å². The van der Waals surface area contributed by atoms with Crippen molar-refractivity contribution in [2.45, 2.75) is 39.7 Å². The van der Waals surface area contributed by atoms with Gasteiger partial charge in [-0.15, -0.1) is 0 Å². The number of rotatable bonds is 2. The standard InChI is InChI=1S/C16H20N4O/c1-10-8-18-14(21-10)9-20-13-6-5-11(17)7-12(13)19-15(20)16(2,3)4/h5-8H,9,17H2,1-4H3. The van der Waals surface area contributed by atoms with Gasteiger partial charge in [0.2, 0.25) is 5.89 Å². The molecule has 0 saturated carbocycles. The Bertz CT molecular complexity index is 792. The normalized spacial score (nSPS) is 12.2. The van der Waals surface area contributed by atoms with Crippen molar-refractivity contribution in [1.29, 1.82) is 0 Å². The number of hydrogen-bond acceptors (Lipinski definition) is 4. The lowest BCUT2D eigenvalue weighted by Gasteiger charge is -2.19. The second-order valence-corrected chi connectivity index (χ2v) is 6.38. The van der Waals surface area contributed by atoms with E-state index in [1.54, 1.807) is 6.20 Å². The summed E-state index contributed by atoms with van der Waals surface area (Å²) in [5.41, 5.74) is 8.47. The molecule has 0 amide bonds. The fraction of sp³-hybridized carbons (Fsp3) is 0.375. The van der Waals surface area contributed by atoms with Crippen LogP contribution < -0.4 is 5.73 Å². The third kappa shape index (κ3) is 2.51. The third-order valence-electron chi connectivity index (χ3n) is 3.41. The van der Waals surface area contributed by atoms with Crippen LogP contribution in [-0.4, -0.2) is 14.5 Å². The summed E-state index contributed by atoms with van der Waals surface area (Å²) in [4.78, 5) is 9.06. The number of anilines is 1. The van der Waals surface area contributed by atoms with E-state index in [0.29, 0.717) is 12.4 Å². The summed E-state index contributed by atoms with van der Waals surface area (Å²) in [5, 5.41) is 0. The molecule has 0 unspecified atom stereocenters. The van der Waals surface area contributed by atoms with Gasteiger partial charge in [-0.1, -0.05) is 20.8 Å². The Kier molecular flexibility index (Phi) is 3.01. The van der Waals surface area contributed by atoms with Crippen LogP contribution in [0, 0.1) is 6.92 Å². The number of imidazole rings is 1. The van der Waals surface area contributed by atoms with E-state index in [4.69, 9.17) is 15.1 Å². The van der Waals surface area contributed by atoms with Gasteiger partial charge in [0.05, 0.1) is 17.2 Å². The zero-order chi connectivity index (χ0) is 15.2. The second-order valence-electron chi connectivity index (χ2n) is 6.38. The summed E-state index contributed by atoms with van der Waals surface area (Å²) >= 11 is 0. The summed E-state index contributed by atoms with van der Waals surface area (Å²) in [6.45, 7) is 8.91. The number of nitrogens with two attached hydrogens (primary N) is 1. The molecule has 3 aromatic rings. The molecule has 0 atom stereocenters. The van der Waals surface area contributed by atoms with Crippen LogP contribution in [-0.2, 0) is 12.0 Å². The number of hydrogen-bond donors (Lipinski definition) is 1. The van der Waals surface area contributed by atoms with Crippen molar-refractivity contribution in [2.24, 2.45) is 0 Å². The van der Waals surface area contributed by atoms with E-state index in [9.17, 15) is 0 Å². The van der Waals surface area contributed by atoms with Gasteiger partial charge in [-0.3, -0.25) is 0 Å². The summed E-state index contributed by atoms with van der Waals surface area (Å²) in [5.74, 6) is 2.50. The number of nitrogen functional groups attached to an aromatic ring is 1. The minimum Gasteiger partial charge on any atom is -0.444 e. The number of fused-ring (bicyclic) bond motifs is 1. The highest BCUT2D eigenvalue weighted by molar-refractivity contribution is 5.80. The maximum absolute atomic E-state index is 5.87. The Balaban J connectivity index is 2.17. The van der Waals surface area contributed by atoms with Crippen LogP contribution in [0.3, 0.4) is 0 Å². The molecule has 0 spiro atoms. The Labute approximate surface area is 123 Å². The fourth-order valence-corrected chi connectivity index (χ4v) is 2.49. The highest BCUT2D eigenvalue weighted by Gasteiger charge is 2.23. The maximum atomic E-state index is 5.87. The molecule has 0 fully saturated rings. The van der Waals surface area contributed by atoms with Crippen molar-refractivity contribution < 1.29 is 4.42 Å². The zero-order valence-electron chi connectivity index (χ0n) is 12.8. The topological polar surface area (TPSA) is 69.9 Å². The Morgan fingerprint density at radius 2 is 2.05 bits per heavy atom. The minimum absolute atomic E-state index is 0.0740. The first-order valence-corrected chi connectivity index (χ1v) is 7.02. The predicted octanol–water partition coefficient (Wildman–Crippen LogP) is 3.26. The van der Waals surface area contributed by atoms with Gasteiger partial charge in [0, 0.05) is 11.1 Å². The average molecular weight is 284 g/mol. The van der Waals surface area contributed by atoms with Gasteiger partial charge in [0.25, 0.3) is 0 Å². The Morgan fingerprint density at radius 3 is 2.67 bits per heavy atom. The third-order valence-corrected chi connectivity index (χ3v) is 3.41. The molecule has 0 saturated heterocycles. The average Bonchev–Trinajstić information content (AvgIpc) is 2.93. The summed E-state index contributed by atoms with van der Waals surface area (Å²) in [7, 11) is 0. The van der Waals surface area contributed by atoms with E-state index < -0.39 is 0 Å². The van der Waals surface area contributed by atoms with Gasteiger partial charge in [0.1, 0.15) is 18.1 Å². The van der Waals surface area contributed by atoms with E-state index in [1.807, 2.05) is 25.1 Å². The molecule has 2 heterocycles. The van der Waals surface area contributed by atoms with Crippen LogP contribution in [0.2, 0.25) is 0 Å². The monoisotopic (exact) mass is 284 g/mol. The first-order chi connectivity index (χ1) is 9.84. The molecular formula is C16H20N4O. The molecule has 21 heavy (non-hydrogen) atoms. The molecular weight excluding hydrogens is 264 g/mol. The summed E-state index contributed by atoms with van der Waals surface area (Å²) in [6, 6.07) is 5.80. The molecule has 5 nitrogen and oxygen atoms in total. The van der Waals surface area contributed by atoms with Crippen molar-refractivity contribution in [1.82, 2.24) is 14.5 Å². The van der Waals surface area contributed by atoms with Gasteiger partial charge in [0.15, 0.2) is 0 Å². The summed E-state index contributed by atoms with van der Waals surface area (Å²) < 4.78 is 7.77. The number of aryl methyl sites for hydroxylation is 1. The number of nitrogens with zero attached hydrogens (tertiary/aromatic N) is 3. The molecule has 2 aromatic heterocycles. The summed E-state index contributed by atoms with van der Waals surface area (Å²) in [6.07, 6.45) is 1.74. The first-order valence-electron chi connectivity index (χ1n) is 7.02. The second kappa shape index (κ2) is 4.62. The number of aromatic nitrogens is 3. The van der Waals surface area contributed by atoms with E-state index in [0.717, 1.165) is 28.3 Å². The number of oxazole rings is 1. The molecule has 0 bridgehead atoms. The molecule has 110 valence electrons. The predicted molar refractivity (Wildman–Crippen MR) is 83.2 cm³/mol. The number of benzene rings is 1. The van der Waals surface area contributed by atoms with E-state index in [1.165, 1.54) is 0 Å². The van der Waals surface area contributed by atoms with Crippen molar-refractivity contribution in [3.63, 3.8) is 0 Å². The molecule has 0 aliphatic rings. The maximum Gasteiger partial charge on any atom is 0.214 e. The SMILES string of the molecule is Cc1cnc(Cn2c(C(C)(C)C)nc3cc(N)ccc32)o1. The molecule has 0 radical (unpaired) electrons. The smallest absolute Gasteiger partial charge is 0.214 e. The first kappa shape index (κ1) is 13.7. The van der Waals surface area contributed by atoms with Crippen LogP contribution in [0.5, 0.6) is 0 Å². The van der Waals surface area contributed by atoms with Crippen LogP contribution in [0.25, 0.3) is 11.0 Å². The van der Waals surface area contributed by atoms with Crippen molar-refractivity contribution in [3.8, 4) is 0 Å². The van der Waals surface area contributed by atoms with Gasteiger partial charge >= 0.3 is 0 Å². The highest BCUT2D eigenvalue weighted by Crippen LogP contribution is 2.28. The largest absolute Gasteiger partial charge is 0.444 e. The Morgan fingerprint density at radius 1 is 1.29 bits per heavy atom. The van der Waals surface area contributed by atoms with Crippen molar-refractivity contribution in [3.05, 3.63) is 41.9 Å². The van der Waals surface area contributed by atoms with Crippen molar-refractivity contribution in [2.75, 3.05) is 5.73 Å². The zero-order valence-corrected chi connectivity index (χ0v) is 12.8. The van der Waals surface area contributed by atoms with E-state index in [2.05, 4.69) is 30.3 Å². The highest BCUT2D eigenvalue weighted by atomic mass is 16.4. The minimum atomic E-state index is -0.0740. The lowest BCUT2D eigenvalue weighted by molar-refractivity contribution is 0.441. The molecule has 0 aliphatic heterocycles. The molecule has 5 heteroatoms. The molecule has 2 N–H and O–H groups in total. The molecule has 0 aliphatic carbocycles. The van der Waals surface area contributed by atoms with Crippen molar-refractivity contribution >= 4 is 16.7 Å². The van der Waals surface area contributed by atoms with Crippen LogP contribution in [0.4, 0.5) is 5.69 Å². The van der Waals surface area contributed by atoms with Gasteiger partial charge in [-0.25, -0.2) is 9.97 Å². The van der Waals surface area contributed by atoms with Crippen LogP contribution >= 0.6 is 0 Å². The van der Waals surface area contributed by atoms with Gasteiger partial charge in [-0.2, -0.15) is 0 Å². The fourth-order valence-electron chi connectivity index (χ4n) is 2.49. The lowest BCUT2D eigenvalue weighted by atomic mass is 9.95. The van der Waals surface area contributed by atoms with E-state index >= 15 is 0 Å². The van der Waals surface area contributed by atoms with Gasteiger partial charge < -0.3 is 14.7 Å².